The number of nitrogens with one attached hydrogen (secondary N) is 2. The maximum absolute atomic E-state index is 12.6. The van der Waals surface area contributed by atoms with Gasteiger partial charge < -0.3 is 10.4 Å². The molecule has 0 bridgehead atoms. The Morgan fingerprint density at radius 2 is 1.92 bits per heavy atom. The minimum Gasteiger partial charge on any atom is -0.480 e. The molecule has 1 aromatic rings. The third-order valence-corrected chi connectivity index (χ3v) is 6.07. The molecule has 0 radical (unpaired) electrons. The predicted molar refractivity (Wildman–Crippen MR) is 95.6 cm³/mol. The zero-order valence-electron chi connectivity index (χ0n) is 14.6. The zero-order chi connectivity index (χ0) is 19.5. The second-order valence-electron chi connectivity index (χ2n) is 6.72. The molecule has 26 heavy (non-hydrogen) atoms. The number of carboxylic acid groups (broad SMARTS) is 1. The van der Waals surface area contributed by atoms with E-state index in [1.165, 1.54) is 19.1 Å². The minimum atomic E-state index is -3.89. The predicted octanol–water partition coefficient (Wildman–Crippen LogP) is 2.34. The van der Waals surface area contributed by atoms with Crippen molar-refractivity contribution in [3.63, 3.8) is 0 Å². The van der Waals surface area contributed by atoms with Crippen molar-refractivity contribution in [2.45, 2.75) is 56.5 Å². The van der Waals surface area contributed by atoms with Gasteiger partial charge in [0, 0.05) is 12.1 Å². The molecule has 0 saturated heterocycles. The third-order valence-electron chi connectivity index (χ3n) is 4.56. The highest BCUT2D eigenvalue weighted by atomic mass is 32.2. The van der Waals surface area contributed by atoms with Gasteiger partial charge in [0.2, 0.25) is 10.0 Å². The first-order valence-electron chi connectivity index (χ1n) is 8.40. The number of nitro benzene ring substituents is 1. The molecule has 144 valence electrons. The summed E-state index contributed by atoms with van der Waals surface area (Å²) >= 11 is 0. The van der Waals surface area contributed by atoms with Gasteiger partial charge in [0.15, 0.2) is 0 Å². The third kappa shape index (κ3) is 4.92. The first-order chi connectivity index (χ1) is 12.1. The summed E-state index contributed by atoms with van der Waals surface area (Å²) in [6.45, 7) is 3.46. The first-order valence-corrected chi connectivity index (χ1v) is 9.88. The fraction of sp³-hybridized carbons (Fsp3) is 0.562. The quantitative estimate of drug-likeness (QED) is 0.483. The number of nitro groups is 1. The summed E-state index contributed by atoms with van der Waals surface area (Å²) in [5, 5.41) is 22.7. The van der Waals surface area contributed by atoms with E-state index in [9.17, 15) is 23.3 Å². The molecule has 0 heterocycles. The summed E-state index contributed by atoms with van der Waals surface area (Å²) in [7, 11) is -3.89. The lowest BCUT2D eigenvalue weighted by Crippen LogP contribution is -2.37. The number of nitrogens with zero attached hydrogens (tertiary/aromatic N) is 1. The van der Waals surface area contributed by atoms with E-state index in [0.717, 1.165) is 31.7 Å². The van der Waals surface area contributed by atoms with Crippen LogP contribution in [-0.2, 0) is 14.8 Å². The number of carboxylic acids is 1. The zero-order valence-corrected chi connectivity index (χ0v) is 15.5. The molecule has 1 fully saturated rings. The second kappa shape index (κ2) is 8.00. The van der Waals surface area contributed by atoms with Crippen molar-refractivity contribution in [3.05, 3.63) is 28.3 Å². The first kappa shape index (κ1) is 20.1. The van der Waals surface area contributed by atoms with Gasteiger partial charge in [0.05, 0.1) is 9.82 Å². The summed E-state index contributed by atoms with van der Waals surface area (Å²) in [6, 6.07) is 2.16. The van der Waals surface area contributed by atoms with Gasteiger partial charge in [-0.2, -0.15) is 0 Å². The van der Waals surface area contributed by atoms with Gasteiger partial charge >= 0.3 is 5.97 Å². The number of rotatable bonds is 7. The van der Waals surface area contributed by atoms with Crippen LogP contribution in [0.2, 0.25) is 0 Å². The van der Waals surface area contributed by atoms with E-state index in [1.807, 2.05) is 0 Å². The van der Waals surface area contributed by atoms with E-state index >= 15 is 0 Å². The van der Waals surface area contributed by atoms with Gasteiger partial charge in [0.1, 0.15) is 11.7 Å². The van der Waals surface area contributed by atoms with Crippen LogP contribution in [0.5, 0.6) is 0 Å². The van der Waals surface area contributed by atoms with Crippen molar-refractivity contribution >= 4 is 27.4 Å². The SMILES string of the molecule is CC1CCC(NS(=O)(=O)c2ccc(NC(C)C(=O)O)c([N+](=O)[O-])c2)CC1. The van der Waals surface area contributed by atoms with Gasteiger partial charge in [-0.1, -0.05) is 6.92 Å². The van der Waals surface area contributed by atoms with Crippen LogP contribution in [0.4, 0.5) is 11.4 Å². The van der Waals surface area contributed by atoms with Crippen molar-refractivity contribution in [2.24, 2.45) is 5.92 Å². The van der Waals surface area contributed by atoms with E-state index in [2.05, 4.69) is 17.0 Å². The molecule has 0 aliphatic heterocycles. The van der Waals surface area contributed by atoms with Gasteiger partial charge in [-0.25, -0.2) is 13.1 Å². The van der Waals surface area contributed by atoms with Crippen molar-refractivity contribution in [3.8, 4) is 0 Å². The Bertz CT molecular complexity index is 787. The molecule has 0 spiro atoms. The fourth-order valence-electron chi connectivity index (χ4n) is 2.91. The molecule has 0 aromatic heterocycles. The number of aliphatic carboxylic acids is 1. The summed E-state index contributed by atoms with van der Waals surface area (Å²) in [6.07, 6.45) is 3.34. The molecule has 9 nitrogen and oxygen atoms in total. The van der Waals surface area contributed by atoms with E-state index < -0.39 is 32.6 Å². The molecule has 0 amide bonds. The number of sulfonamides is 1. The van der Waals surface area contributed by atoms with E-state index in [4.69, 9.17) is 5.11 Å². The summed E-state index contributed by atoms with van der Waals surface area (Å²) in [5.74, 6) is -0.609. The molecule has 2 rings (SSSR count). The fourth-order valence-corrected chi connectivity index (χ4v) is 4.24. The number of hydrogen-bond donors (Lipinski definition) is 3. The number of hydrogen-bond acceptors (Lipinski definition) is 6. The molecule has 3 N–H and O–H groups in total. The molecular formula is C16H23N3O6S. The molecule has 1 aliphatic carbocycles. The molecule has 10 heteroatoms. The van der Waals surface area contributed by atoms with Crippen molar-refractivity contribution in [1.29, 1.82) is 0 Å². The Morgan fingerprint density at radius 3 is 2.46 bits per heavy atom. The van der Waals surface area contributed by atoms with E-state index in [0.29, 0.717) is 5.92 Å². The van der Waals surface area contributed by atoms with Crippen molar-refractivity contribution in [1.82, 2.24) is 4.72 Å². The van der Waals surface area contributed by atoms with E-state index in [-0.39, 0.29) is 16.6 Å². The van der Waals surface area contributed by atoms with Gasteiger partial charge in [-0.3, -0.25) is 14.9 Å². The molecule has 1 atom stereocenters. The maximum Gasteiger partial charge on any atom is 0.325 e. The number of benzene rings is 1. The Hall–Kier alpha value is -2.20. The van der Waals surface area contributed by atoms with Crippen LogP contribution >= 0.6 is 0 Å². The smallest absolute Gasteiger partial charge is 0.325 e. The molecule has 1 saturated carbocycles. The van der Waals surface area contributed by atoms with Crippen LogP contribution < -0.4 is 10.0 Å². The summed E-state index contributed by atoms with van der Waals surface area (Å²) in [4.78, 5) is 21.2. The van der Waals surface area contributed by atoms with Crippen LogP contribution in [0, 0.1) is 16.0 Å². The summed E-state index contributed by atoms with van der Waals surface area (Å²) in [5.41, 5.74) is -0.534. The Morgan fingerprint density at radius 1 is 1.31 bits per heavy atom. The lowest BCUT2D eigenvalue weighted by atomic mass is 9.88. The van der Waals surface area contributed by atoms with Crippen LogP contribution in [0.25, 0.3) is 0 Å². The maximum atomic E-state index is 12.6. The number of anilines is 1. The van der Waals surface area contributed by atoms with E-state index in [1.54, 1.807) is 0 Å². The van der Waals surface area contributed by atoms with Gasteiger partial charge in [-0.15, -0.1) is 0 Å². The van der Waals surface area contributed by atoms with Gasteiger partial charge in [0.25, 0.3) is 5.69 Å². The highest BCUT2D eigenvalue weighted by Gasteiger charge is 2.27. The standard InChI is InChI=1S/C16H23N3O6S/c1-10-3-5-12(6-4-10)18-26(24,25)13-7-8-14(15(9-13)19(22)23)17-11(2)16(20)21/h7-12,17-18H,3-6H2,1-2H3,(H,20,21). The topological polar surface area (TPSA) is 139 Å². The molecule has 1 aromatic carbocycles. The Labute approximate surface area is 152 Å². The van der Waals surface area contributed by atoms with Gasteiger partial charge in [-0.05, 0) is 50.7 Å². The minimum absolute atomic E-state index is 0.0460. The Balaban J connectivity index is 2.24. The van der Waals surface area contributed by atoms with Crippen LogP contribution in [0.15, 0.2) is 23.1 Å². The van der Waals surface area contributed by atoms with Crippen LogP contribution in [-0.4, -0.2) is 36.5 Å². The number of carbonyl (C=O) groups is 1. The van der Waals surface area contributed by atoms with Crippen LogP contribution in [0.3, 0.4) is 0 Å². The highest BCUT2D eigenvalue weighted by Crippen LogP contribution is 2.29. The average Bonchev–Trinajstić information content (AvgIpc) is 2.56. The Kier molecular flexibility index (Phi) is 6.19. The highest BCUT2D eigenvalue weighted by molar-refractivity contribution is 7.89. The van der Waals surface area contributed by atoms with Crippen LogP contribution in [0.1, 0.15) is 39.5 Å². The monoisotopic (exact) mass is 385 g/mol. The molecular weight excluding hydrogens is 362 g/mol. The lowest BCUT2D eigenvalue weighted by Gasteiger charge is -2.26. The van der Waals surface area contributed by atoms with Crippen molar-refractivity contribution < 1.29 is 23.2 Å². The lowest BCUT2D eigenvalue weighted by molar-refractivity contribution is -0.384. The normalized spacial score (nSPS) is 21.8. The largest absolute Gasteiger partial charge is 0.480 e. The average molecular weight is 385 g/mol. The van der Waals surface area contributed by atoms with Crippen molar-refractivity contribution in [2.75, 3.05) is 5.32 Å². The molecule has 1 unspecified atom stereocenters. The summed E-state index contributed by atoms with van der Waals surface area (Å²) < 4.78 is 27.7. The second-order valence-corrected chi connectivity index (χ2v) is 8.43. The molecule has 1 aliphatic rings.